The molecule has 1 saturated carbocycles. The molecule has 2 amide bonds. The van der Waals surface area contributed by atoms with E-state index in [1.54, 1.807) is 11.0 Å². The second-order valence-electron chi connectivity index (χ2n) is 7.49. The van der Waals surface area contributed by atoms with Crippen LogP contribution in [-0.4, -0.2) is 45.7 Å². The van der Waals surface area contributed by atoms with Gasteiger partial charge < -0.3 is 15.0 Å². The lowest BCUT2D eigenvalue weighted by Crippen LogP contribution is -2.40. The van der Waals surface area contributed by atoms with Crippen molar-refractivity contribution in [3.63, 3.8) is 0 Å². The molecule has 4 rings (SSSR count). The lowest BCUT2D eigenvalue weighted by atomic mass is 10.2. The normalized spacial score (nSPS) is 16.8. The summed E-state index contributed by atoms with van der Waals surface area (Å²) in [6, 6.07) is 11.9. The summed E-state index contributed by atoms with van der Waals surface area (Å²) in [6.07, 6.45) is 4.44. The Morgan fingerprint density at radius 2 is 1.93 bits per heavy atom. The maximum atomic E-state index is 12.5. The predicted molar refractivity (Wildman–Crippen MR) is 103 cm³/mol. The molecule has 0 atom stereocenters. The summed E-state index contributed by atoms with van der Waals surface area (Å²) in [7, 11) is 0. The van der Waals surface area contributed by atoms with Crippen LogP contribution in [-0.2, 0) is 29.2 Å². The Morgan fingerprint density at radius 3 is 2.71 bits per heavy atom. The standard InChI is InChI=1S/C21H26N4O3/c26-20(15-28-14-16-6-2-1-3-7-16)24-10-11-25-18(13-24)12-19(23-25)21(27)22-17-8-4-5-9-17/h1-3,6-7,12,17H,4-5,8-11,13-15H2,(H,22,27). The van der Waals surface area contributed by atoms with Crippen molar-refractivity contribution in [3.8, 4) is 0 Å². The molecule has 7 heteroatoms. The Morgan fingerprint density at radius 1 is 1.14 bits per heavy atom. The lowest BCUT2D eigenvalue weighted by molar-refractivity contribution is -0.138. The molecule has 1 aromatic carbocycles. The van der Waals surface area contributed by atoms with Crippen molar-refractivity contribution >= 4 is 11.8 Å². The zero-order valence-electron chi connectivity index (χ0n) is 16.0. The first-order valence-electron chi connectivity index (χ1n) is 9.96. The number of aromatic nitrogens is 2. The molecule has 7 nitrogen and oxygen atoms in total. The molecule has 28 heavy (non-hydrogen) atoms. The van der Waals surface area contributed by atoms with Crippen LogP contribution in [0, 0.1) is 0 Å². The number of nitrogens with zero attached hydrogens (tertiary/aromatic N) is 3. The van der Waals surface area contributed by atoms with Crippen molar-refractivity contribution in [2.75, 3.05) is 13.2 Å². The minimum absolute atomic E-state index is 0.0414. The van der Waals surface area contributed by atoms with Crippen molar-refractivity contribution in [3.05, 3.63) is 53.3 Å². The number of ether oxygens (including phenoxy) is 1. The molecule has 1 fully saturated rings. The number of rotatable bonds is 6. The van der Waals surface area contributed by atoms with Crippen LogP contribution in [0.5, 0.6) is 0 Å². The number of nitrogens with one attached hydrogen (secondary N) is 1. The van der Waals surface area contributed by atoms with Crippen LogP contribution in [0.1, 0.15) is 47.4 Å². The first kappa shape index (κ1) is 18.7. The highest BCUT2D eigenvalue weighted by Crippen LogP contribution is 2.19. The van der Waals surface area contributed by atoms with Gasteiger partial charge in [-0.15, -0.1) is 0 Å². The van der Waals surface area contributed by atoms with E-state index in [4.69, 9.17) is 4.74 Å². The molecule has 2 aliphatic rings. The number of carbonyl (C=O) groups is 2. The Kier molecular flexibility index (Phi) is 5.71. The fourth-order valence-electron chi connectivity index (χ4n) is 3.84. The van der Waals surface area contributed by atoms with Gasteiger partial charge in [-0.25, -0.2) is 0 Å². The summed E-state index contributed by atoms with van der Waals surface area (Å²) < 4.78 is 7.39. The summed E-state index contributed by atoms with van der Waals surface area (Å²) in [5.41, 5.74) is 2.38. The van der Waals surface area contributed by atoms with Crippen molar-refractivity contribution in [1.29, 1.82) is 0 Å². The van der Waals surface area contributed by atoms with E-state index in [-0.39, 0.29) is 24.5 Å². The van der Waals surface area contributed by atoms with Crippen LogP contribution in [0.25, 0.3) is 0 Å². The van der Waals surface area contributed by atoms with Crippen LogP contribution in [0.4, 0.5) is 0 Å². The van der Waals surface area contributed by atoms with Crippen molar-refractivity contribution in [2.24, 2.45) is 0 Å². The third-order valence-electron chi connectivity index (χ3n) is 5.41. The first-order chi connectivity index (χ1) is 13.7. The van der Waals surface area contributed by atoms with E-state index in [0.29, 0.717) is 31.9 Å². The highest BCUT2D eigenvalue weighted by molar-refractivity contribution is 5.92. The Labute approximate surface area is 164 Å². The average Bonchev–Trinajstić information content (AvgIpc) is 3.37. The maximum absolute atomic E-state index is 12.5. The van der Waals surface area contributed by atoms with E-state index in [9.17, 15) is 9.59 Å². The van der Waals surface area contributed by atoms with Crippen LogP contribution in [0.15, 0.2) is 36.4 Å². The maximum Gasteiger partial charge on any atom is 0.272 e. The SMILES string of the molecule is O=C(NC1CCCC1)c1cc2n(n1)CCN(C(=O)COCc1ccccc1)C2. The number of hydrogen-bond donors (Lipinski definition) is 1. The van der Waals surface area contributed by atoms with Gasteiger partial charge in [0.1, 0.15) is 6.61 Å². The summed E-state index contributed by atoms with van der Waals surface area (Å²) in [5, 5.41) is 7.49. The second-order valence-corrected chi connectivity index (χ2v) is 7.49. The van der Waals surface area contributed by atoms with E-state index >= 15 is 0 Å². The number of fused-ring (bicyclic) bond motifs is 1. The number of hydrogen-bond acceptors (Lipinski definition) is 4. The van der Waals surface area contributed by atoms with E-state index in [2.05, 4.69) is 10.4 Å². The smallest absolute Gasteiger partial charge is 0.272 e. The van der Waals surface area contributed by atoms with Gasteiger partial charge in [0.2, 0.25) is 5.91 Å². The molecule has 1 aromatic heterocycles. The molecule has 0 unspecified atom stereocenters. The zero-order chi connectivity index (χ0) is 19.3. The van der Waals surface area contributed by atoms with Gasteiger partial charge in [-0.2, -0.15) is 5.10 Å². The summed E-state index contributed by atoms with van der Waals surface area (Å²) >= 11 is 0. The third-order valence-corrected chi connectivity index (χ3v) is 5.41. The number of carbonyl (C=O) groups excluding carboxylic acids is 2. The lowest BCUT2D eigenvalue weighted by Gasteiger charge is -2.27. The van der Waals surface area contributed by atoms with Gasteiger partial charge in [-0.05, 0) is 24.5 Å². The zero-order valence-corrected chi connectivity index (χ0v) is 16.0. The van der Waals surface area contributed by atoms with E-state index in [0.717, 1.165) is 24.1 Å². The van der Waals surface area contributed by atoms with Gasteiger partial charge in [0.15, 0.2) is 5.69 Å². The monoisotopic (exact) mass is 382 g/mol. The molecular weight excluding hydrogens is 356 g/mol. The highest BCUT2D eigenvalue weighted by atomic mass is 16.5. The van der Waals surface area contributed by atoms with Gasteiger partial charge in [0.25, 0.3) is 5.91 Å². The minimum Gasteiger partial charge on any atom is -0.367 e. The van der Waals surface area contributed by atoms with Gasteiger partial charge >= 0.3 is 0 Å². The fourth-order valence-corrected chi connectivity index (χ4v) is 3.84. The molecule has 148 valence electrons. The van der Waals surface area contributed by atoms with Crippen molar-refractivity contribution in [2.45, 2.75) is 51.4 Å². The summed E-state index contributed by atoms with van der Waals surface area (Å²) in [5.74, 6) is -0.154. The van der Waals surface area contributed by atoms with Crippen LogP contribution in [0.3, 0.4) is 0 Å². The molecule has 2 aromatic rings. The van der Waals surface area contributed by atoms with Crippen LogP contribution in [0.2, 0.25) is 0 Å². The minimum atomic E-state index is -0.113. The molecule has 1 N–H and O–H groups in total. The van der Waals surface area contributed by atoms with E-state index < -0.39 is 0 Å². The Bertz CT molecular complexity index is 827. The Hall–Kier alpha value is -2.67. The molecule has 0 bridgehead atoms. The Balaban J connectivity index is 1.29. The largest absolute Gasteiger partial charge is 0.367 e. The average molecular weight is 382 g/mol. The molecule has 2 heterocycles. The van der Waals surface area contributed by atoms with Gasteiger partial charge in [0.05, 0.1) is 25.4 Å². The second kappa shape index (κ2) is 8.56. The highest BCUT2D eigenvalue weighted by Gasteiger charge is 2.25. The molecule has 0 saturated heterocycles. The molecular formula is C21H26N4O3. The van der Waals surface area contributed by atoms with Gasteiger partial charge in [-0.3, -0.25) is 14.3 Å². The number of amides is 2. The predicted octanol–water partition coefficient (Wildman–Crippen LogP) is 2.11. The number of benzene rings is 1. The van der Waals surface area contributed by atoms with Gasteiger partial charge in [0, 0.05) is 12.6 Å². The topological polar surface area (TPSA) is 76.5 Å². The summed E-state index contributed by atoms with van der Waals surface area (Å²) in [6.45, 7) is 2.10. The van der Waals surface area contributed by atoms with Crippen molar-refractivity contribution in [1.82, 2.24) is 20.0 Å². The van der Waals surface area contributed by atoms with Crippen LogP contribution < -0.4 is 5.32 Å². The fraction of sp³-hybridized carbons (Fsp3) is 0.476. The van der Waals surface area contributed by atoms with Crippen molar-refractivity contribution < 1.29 is 14.3 Å². The molecule has 1 aliphatic heterocycles. The third kappa shape index (κ3) is 4.42. The van der Waals surface area contributed by atoms with E-state index in [1.165, 1.54) is 12.8 Å². The molecule has 0 spiro atoms. The van der Waals surface area contributed by atoms with Gasteiger partial charge in [-0.1, -0.05) is 43.2 Å². The molecule has 1 aliphatic carbocycles. The van der Waals surface area contributed by atoms with Crippen LogP contribution >= 0.6 is 0 Å². The van der Waals surface area contributed by atoms with E-state index in [1.807, 2.05) is 35.0 Å². The first-order valence-corrected chi connectivity index (χ1v) is 9.96. The molecule has 0 radical (unpaired) electrons. The summed E-state index contributed by atoms with van der Waals surface area (Å²) in [4.78, 5) is 26.6. The quantitative estimate of drug-likeness (QED) is 0.830.